The lowest BCUT2D eigenvalue weighted by molar-refractivity contribution is -0.137. The highest BCUT2D eigenvalue weighted by molar-refractivity contribution is 5.84. The van der Waals surface area contributed by atoms with E-state index in [1.165, 1.54) is 0 Å². The summed E-state index contributed by atoms with van der Waals surface area (Å²) in [6.45, 7) is 0.473. The number of rotatable bonds is 8. The number of anilines is 1. The molecule has 1 heterocycles. The minimum Gasteiger partial charge on any atom is -0.494 e. The van der Waals surface area contributed by atoms with Gasteiger partial charge in [0.05, 0.1) is 17.6 Å². The fourth-order valence-electron chi connectivity index (χ4n) is 3.38. The Morgan fingerprint density at radius 3 is 2.50 bits per heavy atom. The summed E-state index contributed by atoms with van der Waals surface area (Å²) in [6.07, 6.45) is 1.45. The van der Waals surface area contributed by atoms with Crippen LogP contribution in [0.2, 0.25) is 0 Å². The molecule has 0 radical (unpaired) electrons. The third kappa shape index (κ3) is 4.27. The molecular weight excluding hydrogens is 378 g/mol. The number of carbonyl (C=O) groups is 1. The van der Waals surface area contributed by atoms with E-state index in [4.69, 9.17) is 20.6 Å². The molecule has 30 heavy (non-hydrogen) atoms. The van der Waals surface area contributed by atoms with Crippen LogP contribution in [0.4, 0.5) is 5.69 Å². The van der Waals surface area contributed by atoms with Crippen molar-refractivity contribution in [1.82, 2.24) is 9.55 Å². The fraction of sp³-hybridized carbons (Fsp3) is 0.167. The number of nitrogens with zero attached hydrogens (tertiary/aromatic N) is 2. The van der Waals surface area contributed by atoms with Crippen molar-refractivity contribution in [2.75, 3.05) is 12.3 Å². The molecule has 0 bridgehead atoms. The number of imidazole rings is 1. The van der Waals surface area contributed by atoms with Gasteiger partial charge in [0.15, 0.2) is 0 Å². The van der Waals surface area contributed by atoms with Crippen molar-refractivity contribution in [3.63, 3.8) is 0 Å². The van der Waals surface area contributed by atoms with E-state index < -0.39 is 5.97 Å². The molecule has 0 aliphatic carbocycles. The summed E-state index contributed by atoms with van der Waals surface area (Å²) in [4.78, 5) is 15.5. The average Bonchev–Trinajstić information content (AvgIpc) is 3.13. The number of aliphatic carboxylic acids is 1. The second kappa shape index (κ2) is 8.69. The summed E-state index contributed by atoms with van der Waals surface area (Å²) in [5.74, 6) is 0.792. The number of nitrogen functional groups attached to an aromatic ring is 1. The van der Waals surface area contributed by atoms with Gasteiger partial charge in [-0.15, -0.1) is 0 Å². The first-order valence-electron chi connectivity index (χ1n) is 9.90. The van der Waals surface area contributed by atoms with Gasteiger partial charge < -0.3 is 15.6 Å². The highest BCUT2D eigenvalue weighted by Gasteiger charge is 2.15. The van der Waals surface area contributed by atoms with Crippen LogP contribution in [0.3, 0.4) is 0 Å². The Bertz CT molecular complexity index is 1150. The molecule has 6 heteroatoms. The van der Waals surface area contributed by atoms with E-state index in [0.717, 1.165) is 33.9 Å². The molecule has 0 saturated heterocycles. The lowest BCUT2D eigenvalue weighted by Gasteiger charge is -2.11. The standard InChI is InChI=1S/C24H23N3O3/c25-18-9-11-19(12-10-18)27-22-16-20(30-15-5-4-8-23(28)29)13-14-21(22)26-24(27)17-6-2-1-3-7-17/h1-3,6-7,9-14,16H,4-5,8,15,25H2,(H,28,29). The molecule has 0 unspecified atom stereocenters. The van der Waals surface area contributed by atoms with E-state index in [0.29, 0.717) is 25.1 Å². The summed E-state index contributed by atoms with van der Waals surface area (Å²) in [6, 6.07) is 23.6. The number of benzene rings is 3. The van der Waals surface area contributed by atoms with Gasteiger partial charge >= 0.3 is 5.97 Å². The molecule has 0 spiro atoms. The van der Waals surface area contributed by atoms with Crippen LogP contribution in [0.5, 0.6) is 5.75 Å². The van der Waals surface area contributed by atoms with Crippen LogP contribution in [0.1, 0.15) is 19.3 Å². The zero-order chi connectivity index (χ0) is 20.9. The molecule has 3 aromatic carbocycles. The molecule has 4 rings (SSSR count). The number of hydrogen-bond donors (Lipinski definition) is 2. The average molecular weight is 401 g/mol. The normalized spacial score (nSPS) is 10.9. The molecule has 1 aromatic heterocycles. The van der Waals surface area contributed by atoms with Crippen molar-refractivity contribution >= 4 is 22.7 Å². The number of hydrogen-bond acceptors (Lipinski definition) is 4. The summed E-state index contributed by atoms with van der Waals surface area (Å²) in [7, 11) is 0. The lowest BCUT2D eigenvalue weighted by atomic mass is 10.2. The molecule has 0 atom stereocenters. The molecule has 6 nitrogen and oxygen atoms in total. The van der Waals surface area contributed by atoms with Gasteiger partial charge in [-0.2, -0.15) is 0 Å². The third-order valence-electron chi connectivity index (χ3n) is 4.86. The van der Waals surface area contributed by atoms with E-state index in [1.807, 2.05) is 72.8 Å². The summed E-state index contributed by atoms with van der Waals surface area (Å²) in [5, 5.41) is 8.74. The zero-order valence-electron chi connectivity index (χ0n) is 16.5. The molecular formula is C24H23N3O3. The number of fused-ring (bicyclic) bond motifs is 1. The van der Waals surface area contributed by atoms with Crippen LogP contribution < -0.4 is 10.5 Å². The predicted molar refractivity (Wildman–Crippen MR) is 118 cm³/mol. The minimum atomic E-state index is -0.780. The first kappa shape index (κ1) is 19.5. The van der Waals surface area contributed by atoms with E-state index in [-0.39, 0.29) is 6.42 Å². The molecule has 0 fully saturated rings. The molecule has 0 amide bonds. The SMILES string of the molecule is Nc1ccc(-n2c(-c3ccccc3)nc3ccc(OCCCCC(=O)O)cc32)cc1. The maximum Gasteiger partial charge on any atom is 0.303 e. The van der Waals surface area contributed by atoms with Gasteiger partial charge in [0.25, 0.3) is 0 Å². The maximum absolute atomic E-state index is 10.6. The van der Waals surface area contributed by atoms with Crippen molar-refractivity contribution in [3.05, 3.63) is 72.8 Å². The van der Waals surface area contributed by atoms with Crippen LogP contribution >= 0.6 is 0 Å². The van der Waals surface area contributed by atoms with Gasteiger partial charge in [-0.1, -0.05) is 30.3 Å². The largest absolute Gasteiger partial charge is 0.494 e. The maximum atomic E-state index is 10.6. The highest BCUT2D eigenvalue weighted by Crippen LogP contribution is 2.31. The van der Waals surface area contributed by atoms with Crippen molar-refractivity contribution in [2.24, 2.45) is 0 Å². The Hall–Kier alpha value is -3.80. The molecule has 152 valence electrons. The summed E-state index contributed by atoms with van der Waals surface area (Å²) < 4.78 is 7.97. The molecule has 4 aromatic rings. The Labute approximate surface area is 174 Å². The van der Waals surface area contributed by atoms with Crippen LogP contribution in [0.25, 0.3) is 28.1 Å². The number of carboxylic acids is 1. The number of nitrogens with two attached hydrogens (primary N) is 1. The first-order valence-corrected chi connectivity index (χ1v) is 9.90. The Morgan fingerprint density at radius 1 is 1.00 bits per heavy atom. The Morgan fingerprint density at radius 2 is 1.77 bits per heavy atom. The van der Waals surface area contributed by atoms with Crippen LogP contribution in [0, 0.1) is 0 Å². The van der Waals surface area contributed by atoms with Gasteiger partial charge in [-0.25, -0.2) is 4.98 Å². The van der Waals surface area contributed by atoms with Crippen molar-refractivity contribution in [1.29, 1.82) is 0 Å². The quantitative estimate of drug-likeness (QED) is 0.323. The fourth-order valence-corrected chi connectivity index (χ4v) is 3.38. The first-order chi connectivity index (χ1) is 14.6. The van der Waals surface area contributed by atoms with E-state index >= 15 is 0 Å². The van der Waals surface area contributed by atoms with E-state index in [1.54, 1.807) is 0 Å². The second-order valence-electron chi connectivity index (χ2n) is 7.08. The topological polar surface area (TPSA) is 90.4 Å². The van der Waals surface area contributed by atoms with Crippen molar-refractivity contribution in [2.45, 2.75) is 19.3 Å². The third-order valence-corrected chi connectivity index (χ3v) is 4.86. The van der Waals surface area contributed by atoms with Crippen molar-refractivity contribution < 1.29 is 14.6 Å². The van der Waals surface area contributed by atoms with Gasteiger partial charge in [0.1, 0.15) is 11.6 Å². The van der Waals surface area contributed by atoms with Crippen molar-refractivity contribution in [3.8, 4) is 22.8 Å². The Kier molecular flexibility index (Phi) is 5.66. The number of carboxylic acid groups (broad SMARTS) is 1. The Balaban J connectivity index is 1.70. The van der Waals surface area contributed by atoms with Gasteiger partial charge in [0, 0.05) is 29.4 Å². The predicted octanol–water partition coefficient (Wildman–Crippen LogP) is 4.91. The molecule has 0 saturated carbocycles. The van der Waals surface area contributed by atoms with E-state index in [9.17, 15) is 4.79 Å². The number of ether oxygens (including phenoxy) is 1. The van der Waals surface area contributed by atoms with Crippen LogP contribution in [-0.4, -0.2) is 27.2 Å². The number of aromatic nitrogens is 2. The number of unbranched alkanes of at least 4 members (excludes halogenated alkanes) is 1. The highest BCUT2D eigenvalue weighted by atomic mass is 16.5. The molecule has 0 aliphatic heterocycles. The zero-order valence-corrected chi connectivity index (χ0v) is 16.5. The molecule has 3 N–H and O–H groups in total. The summed E-state index contributed by atoms with van der Waals surface area (Å²) >= 11 is 0. The summed E-state index contributed by atoms with van der Waals surface area (Å²) in [5.41, 5.74) is 10.4. The van der Waals surface area contributed by atoms with Gasteiger partial charge in [-0.05, 0) is 49.2 Å². The van der Waals surface area contributed by atoms with E-state index in [2.05, 4.69) is 4.57 Å². The second-order valence-corrected chi connectivity index (χ2v) is 7.08. The lowest BCUT2D eigenvalue weighted by Crippen LogP contribution is -2.01. The van der Waals surface area contributed by atoms with Crippen LogP contribution in [-0.2, 0) is 4.79 Å². The minimum absolute atomic E-state index is 0.159. The van der Waals surface area contributed by atoms with Crippen LogP contribution in [0.15, 0.2) is 72.8 Å². The van der Waals surface area contributed by atoms with Gasteiger partial charge in [0.2, 0.25) is 0 Å². The monoisotopic (exact) mass is 401 g/mol. The van der Waals surface area contributed by atoms with Gasteiger partial charge in [-0.3, -0.25) is 9.36 Å². The molecule has 0 aliphatic rings. The smallest absolute Gasteiger partial charge is 0.303 e.